The van der Waals surface area contributed by atoms with Gasteiger partial charge in [-0.2, -0.15) is 0 Å². The van der Waals surface area contributed by atoms with E-state index in [2.05, 4.69) is 0 Å². The second-order valence-electron chi connectivity index (χ2n) is 4.61. The van der Waals surface area contributed by atoms with E-state index >= 15 is 0 Å². The molecule has 4 heteroatoms. The lowest BCUT2D eigenvalue weighted by Gasteiger charge is -2.46. The lowest BCUT2D eigenvalue weighted by Crippen LogP contribution is -2.62. The first-order valence-electron chi connectivity index (χ1n) is 6.32. The number of carbonyl (C=O) groups is 2. The minimum atomic E-state index is -0.0850. The lowest BCUT2D eigenvalue weighted by molar-refractivity contribution is -0.140. The first-order chi connectivity index (χ1) is 7.70. The molecule has 2 fully saturated rings. The van der Waals surface area contributed by atoms with Crippen molar-refractivity contribution >= 4 is 11.9 Å². The Bertz CT molecular complexity index is 285. The zero-order chi connectivity index (χ0) is 11.7. The third-order valence-electron chi connectivity index (χ3n) is 3.85. The average molecular weight is 224 g/mol. The molecule has 0 spiro atoms. The van der Waals surface area contributed by atoms with Crippen molar-refractivity contribution in [3.05, 3.63) is 0 Å². The van der Waals surface area contributed by atoms with Gasteiger partial charge in [0.1, 0.15) is 0 Å². The van der Waals surface area contributed by atoms with Crippen molar-refractivity contribution in [3.8, 4) is 0 Å². The van der Waals surface area contributed by atoms with Gasteiger partial charge in [-0.15, -0.1) is 0 Å². The highest BCUT2D eigenvalue weighted by atomic mass is 16.2. The highest BCUT2D eigenvalue weighted by Gasteiger charge is 2.45. The van der Waals surface area contributed by atoms with Gasteiger partial charge in [-0.05, 0) is 26.7 Å². The van der Waals surface area contributed by atoms with Crippen LogP contribution in [0, 0.1) is 5.92 Å². The highest BCUT2D eigenvalue weighted by molar-refractivity contribution is 5.98. The van der Waals surface area contributed by atoms with Gasteiger partial charge in [-0.25, -0.2) is 4.79 Å². The Labute approximate surface area is 96.6 Å². The van der Waals surface area contributed by atoms with Gasteiger partial charge in [0.05, 0.1) is 5.92 Å². The molecule has 3 amide bonds. The lowest BCUT2D eigenvalue weighted by atomic mass is 9.81. The smallest absolute Gasteiger partial charge is 0.321 e. The van der Waals surface area contributed by atoms with Gasteiger partial charge < -0.3 is 4.90 Å². The van der Waals surface area contributed by atoms with Gasteiger partial charge in [0, 0.05) is 19.1 Å². The van der Waals surface area contributed by atoms with Gasteiger partial charge in [0.25, 0.3) is 0 Å². The minimum Gasteiger partial charge on any atom is -0.321 e. The van der Waals surface area contributed by atoms with Crippen molar-refractivity contribution in [1.29, 1.82) is 0 Å². The molecule has 4 nitrogen and oxygen atoms in total. The summed E-state index contributed by atoms with van der Waals surface area (Å²) in [4.78, 5) is 27.5. The first kappa shape index (κ1) is 11.4. The second kappa shape index (κ2) is 4.44. The molecule has 1 heterocycles. The monoisotopic (exact) mass is 224 g/mol. The van der Waals surface area contributed by atoms with E-state index in [9.17, 15) is 9.59 Å². The number of urea groups is 1. The SMILES string of the molecule is CCN1C(=O)C2CCCCC2N(CC)C1=O. The average Bonchev–Trinajstić information content (AvgIpc) is 2.30. The van der Waals surface area contributed by atoms with E-state index in [0.717, 1.165) is 25.7 Å². The maximum Gasteiger partial charge on any atom is 0.326 e. The Balaban J connectivity index is 2.27. The molecule has 2 rings (SSSR count). The molecule has 1 aliphatic carbocycles. The molecule has 1 saturated heterocycles. The zero-order valence-electron chi connectivity index (χ0n) is 10.1. The largest absolute Gasteiger partial charge is 0.326 e. The Morgan fingerprint density at radius 1 is 1.12 bits per heavy atom. The van der Waals surface area contributed by atoms with Crippen LogP contribution in [0.25, 0.3) is 0 Å². The number of nitrogens with zero attached hydrogens (tertiary/aromatic N) is 2. The van der Waals surface area contributed by atoms with E-state index in [1.165, 1.54) is 4.90 Å². The predicted octanol–water partition coefficient (Wildman–Crippen LogP) is 1.85. The van der Waals surface area contributed by atoms with Gasteiger partial charge in [-0.1, -0.05) is 12.8 Å². The van der Waals surface area contributed by atoms with Crippen LogP contribution in [0.15, 0.2) is 0 Å². The van der Waals surface area contributed by atoms with Crippen molar-refractivity contribution in [2.24, 2.45) is 5.92 Å². The van der Waals surface area contributed by atoms with E-state index in [-0.39, 0.29) is 23.9 Å². The number of amides is 3. The van der Waals surface area contributed by atoms with Crippen LogP contribution in [0.2, 0.25) is 0 Å². The minimum absolute atomic E-state index is 0.0573. The summed E-state index contributed by atoms with van der Waals surface area (Å²) < 4.78 is 0. The third kappa shape index (κ3) is 1.60. The van der Waals surface area contributed by atoms with E-state index < -0.39 is 0 Å². The van der Waals surface area contributed by atoms with Crippen molar-refractivity contribution in [2.45, 2.75) is 45.6 Å². The summed E-state index contributed by atoms with van der Waals surface area (Å²) in [5.74, 6) is 0.119. The van der Waals surface area contributed by atoms with Crippen LogP contribution < -0.4 is 0 Å². The molecule has 16 heavy (non-hydrogen) atoms. The van der Waals surface area contributed by atoms with Crippen molar-refractivity contribution in [2.75, 3.05) is 13.1 Å². The van der Waals surface area contributed by atoms with Crippen LogP contribution >= 0.6 is 0 Å². The topological polar surface area (TPSA) is 40.6 Å². The molecule has 0 N–H and O–H groups in total. The van der Waals surface area contributed by atoms with Crippen molar-refractivity contribution < 1.29 is 9.59 Å². The summed E-state index contributed by atoms with van der Waals surface area (Å²) >= 11 is 0. The Hall–Kier alpha value is -1.06. The van der Waals surface area contributed by atoms with Gasteiger partial charge >= 0.3 is 6.03 Å². The van der Waals surface area contributed by atoms with E-state index in [1.54, 1.807) is 0 Å². The molecule has 1 aliphatic heterocycles. The molecular formula is C12H20N2O2. The molecule has 2 atom stereocenters. The molecular weight excluding hydrogens is 204 g/mol. The molecule has 90 valence electrons. The summed E-state index contributed by atoms with van der Waals surface area (Å²) in [5, 5.41) is 0. The molecule has 0 aromatic heterocycles. The fraction of sp³-hybridized carbons (Fsp3) is 0.833. The number of hydrogen-bond donors (Lipinski definition) is 0. The number of carbonyl (C=O) groups excluding carboxylic acids is 2. The summed E-state index contributed by atoms with van der Waals surface area (Å²) in [7, 11) is 0. The Kier molecular flexibility index (Phi) is 3.17. The van der Waals surface area contributed by atoms with Crippen LogP contribution in [0.4, 0.5) is 4.79 Å². The van der Waals surface area contributed by atoms with E-state index in [0.29, 0.717) is 13.1 Å². The van der Waals surface area contributed by atoms with Crippen molar-refractivity contribution in [1.82, 2.24) is 9.80 Å². The van der Waals surface area contributed by atoms with Gasteiger partial charge in [0.15, 0.2) is 0 Å². The second-order valence-corrected chi connectivity index (χ2v) is 4.61. The zero-order valence-corrected chi connectivity index (χ0v) is 10.1. The Morgan fingerprint density at radius 2 is 1.81 bits per heavy atom. The third-order valence-corrected chi connectivity index (χ3v) is 3.85. The van der Waals surface area contributed by atoms with Crippen LogP contribution in [0.5, 0.6) is 0 Å². The fourth-order valence-electron chi connectivity index (χ4n) is 3.02. The first-order valence-corrected chi connectivity index (χ1v) is 6.32. The van der Waals surface area contributed by atoms with Crippen LogP contribution in [-0.4, -0.2) is 40.9 Å². The van der Waals surface area contributed by atoms with Gasteiger partial charge in [0.2, 0.25) is 5.91 Å². The molecule has 0 bridgehead atoms. The quantitative estimate of drug-likeness (QED) is 0.718. The Morgan fingerprint density at radius 3 is 2.44 bits per heavy atom. The summed E-state index contributed by atoms with van der Waals surface area (Å²) in [6, 6.07) is 0.0831. The number of rotatable bonds is 2. The normalized spacial score (nSPS) is 30.6. The van der Waals surface area contributed by atoms with Gasteiger partial charge in [-0.3, -0.25) is 9.69 Å². The molecule has 1 saturated carbocycles. The summed E-state index contributed by atoms with van der Waals surface area (Å²) in [5.41, 5.74) is 0. The maximum absolute atomic E-state index is 12.1. The van der Waals surface area contributed by atoms with Crippen molar-refractivity contribution in [3.63, 3.8) is 0 Å². The maximum atomic E-state index is 12.1. The highest BCUT2D eigenvalue weighted by Crippen LogP contribution is 2.34. The van der Waals surface area contributed by atoms with E-state index in [1.807, 2.05) is 18.7 Å². The molecule has 0 aromatic rings. The molecule has 0 aromatic carbocycles. The molecule has 0 radical (unpaired) electrons. The van der Waals surface area contributed by atoms with Crippen LogP contribution in [0.1, 0.15) is 39.5 Å². The van der Waals surface area contributed by atoms with E-state index in [4.69, 9.17) is 0 Å². The number of hydrogen-bond acceptors (Lipinski definition) is 2. The number of imide groups is 1. The fourth-order valence-corrected chi connectivity index (χ4v) is 3.02. The van der Waals surface area contributed by atoms with Crippen LogP contribution in [-0.2, 0) is 4.79 Å². The standard InChI is InChI=1S/C12H20N2O2/c1-3-13-10-8-6-5-7-9(10)11(15)14(4-2)12(13)16/h9-10H,3-8H2,1-2H3. The predicted molar refractivity (Wildman–Crippen MR) is 60.9 cm³/mol. The number of fused-ring (bicyclic) bond motifs is 1. The molecule has 2 aliphatic rings. The molecule has 2 unspecified atom stereocenters. The summed E-state index contributed by atoms with van der Waals surface area (Å²) in [6.07, 6.45) is 4.21. The summed E-state index contributed by atoms with van der Waals surface area (Å²) in [6.45, 7) is 5.07. The van der Waals surface area contributed by atoms with Crippen LogP contribution in [0.3, 0.4) is 0 Å².